The number of benzene rings is 1. The van der Waals surface area contributed by atoms with Crippen LogP contribution in [-0.4, -0.2) is 11.8 Å². The Hall–Kier alpha value is -1.66. The van der Waals surface area contributed by atoms with Crippen LogP contribution in [0.4, 0.5) is 5.69 Å². The van der Waals surface area contributed by atoms with Gasteiger partial charge in [-0.25, -0.2) is 0 Å². The second-order valence-electron chi connectivity index (χ2n) is 5.57. The lowest BCUT2D eigenvalue weighted by atomic mass is 9.89. The van der Waals surface area contributed by atoms with E-state index in [1.54, 1.807) is 11.3 Å². The molecule has 2 aromatic rings. The van der Waals surface area contributed by atoms with Crippen LogP contribution in [0, 0.1) is 5.92 Å². The minimum atomic E-state index is -0.133. The third-order valence-electron chi connectivity index (χ3n) is 3.92. The first-order valence-electron chi connectivity index (χ1n) is 7.51. The molecule has 1 aliphatic rings. The van der Waals surface area contributed by atoms with Gasteiger partial charge in [0.1, 0.15) is 0 Å². The lowest BCUT2D eigenvalue weighted by Gasteiger charge is -2.24. The molecule has 0 saturated carbocycles. The molecule has 1 aromatic heterocycles. The molecule has 0 saturated heterocycles. The van der Waals surface area contributed by atoms with E-state index in [1.807, 2.05) is 36.4 Å². The van der Waals surface area contributed by atoms with Gasteiger partial charge in [0, 0.05) is 22.9 Å². The Labute approximate surface area is 147 Å². The maximum atomic E-state index is 12.1. The molecule has 2 amide bonds. The van der Waals surface area contributed by atoms with Gasteiger partial charge in [0.2, 0.25) is 11.8 Å². The highest BCUT2D eigenvalue weighted by Crippen LogP contribution is 2.27. The maximum absolute atomic E-state index is 12.1. The number of para-hydroxylation sites is 1. The summed E-state index contributed by atoms with van der Waals surface area (Å²) in [6.07, 6.45) is 1.64. The van der Waals surface area contributed by atoms with Crippen LogP contribution in [-0.2, 0) is 22.6 Å². The lowest BCUT2D eigenvalue weighted by Crippen LogP contribution is -2.31. The molecule has 1 aromatic carbocycles. The number of carbonyl (C=O) groups is 2. The molecule has 1 aliphatic heterocycles. The van der Waals surface area contributed by atoms with E-state index in [9.17, 15) is 9.59 Å². The van der Waals surface area contributed by atoms with Gasteiger partial charge in [-0.3, -0.25) is 9.59 Å². The third-order valence-corrected chi connectivity index (χ3v) is 5.54. The first-order chi connectivity index (χ1) is 11.1. The summed E-state index contributed by atoms with van der Waals surface area (Å²) in [4.78, 5) is 25.2. The van der Waals surface area contributed by atoms with Crippen LogP contribution >= 0.6 is 27.3 Å². The molecular weight excluding hydrogens is 376 g/mol. The zero-order valence-corrected chi connectivity index (χ0v) is 14.9. The van der Waals surface area contributed by atoms with Crippen molar-refractivity contribution >= 4 is 44.8 Å². The van der Waals surface area contributed by atoms with Gasteiger partial charge in [-0.15, -0.1) is 11.3 Å². The highest BCUT2D eigenvalue weighted by molar-refractivity contribution is 9.11. The predicted molar refractivity (Wildman–Crippen MR) is 95.4 cm³/mol. The number of anilines is 1. The van der Waals surface area contributed by atoms with E-state index in [4.69, 9.17) is 0 Å². The Balaban J connectivity index is 1.48. The Morgan fingerprint density at radius 2 is 2.13 bits per heavy atom. The number of nitrogens with one attached hydrogen (secondary N) is 2. The van der Waals surface area contributed by atoms with Gasteiger partial charge in [0.15, 0.2) is 0 Å². The molecule has 3 rings (SSSR count). The van der Waals surface area contributed by atoms with Gasteiger partial charge in [0.05, 0.1) is 10.3 Å². The zero-order valence-electron chi connectivity index (χ0n) is 12.5. The van der Waals surface area contributed by atoms with E-state index in [0.29, 0.717) is 25.8 Å². The molecule has 0 radical (unpaired) electrons. The van der Waals surface area contributed by atoms with E-state index in [2.05, 4.69) is 26.6 Å². The molecule has 1 atom stereocenters. The molecule has 0 spiro atoms. The number of fused-ring (bicyclic) bond motifs is 1. The largest absolute Gasteiger partial charge is 0.351 e. The summed E-state index contributed by atoms with van der Waals surface area (Å²) >= 11 is 5.01. The van der Waals surface area contributed by atoms with E-state index in [1.165, 1.54) is 0 Å². The standard InChI is InChI=1S/C17H17BrN2O2S/c18-15-7-6-13(23-15)10-19-16(21)8-5-12-9-11-3-1-2-4-14(11)20-17(12)22/h1-4,6-7,12H,5,8-10H2,(H,19,21)(H,20,22). The van der Waals surface area contributed by atoms with Crippen molar-refractivity contribution in [1.29, 1.82) is 0 Å². The van der Waals surface area contributed by atoms with Crippen molar-refractivity contribution in [2.45, 2.75) is 25.8 Å². The number of hydrogen-bond acceptors (Lipinski definition) is 3. The maximum Gasteiger partial charge on any atom is 0.227 e. The first-order valence-corrected chi connectivity index (χ1v) is 9.12. The van der Waals surface area contributed by atoms with E-state index >= 15 is 0 Å². The van der Waals surface area contributed by atoms with Crippen LogP contribution < -0.4 is 10.6 Å². The Kier molecular flexibility index (Phi) is 5.13. The summed E-state index contributed by atoms with van der Waals surface area (Å²) in [7, 11) is 0. The molecule has 2 heterocycles. The summed E-state index contributed by atoms with van der Waals surface area (Å²) < 4.78 is 1.05. The van der Waals surface area contributed by atoms with Gasteiger partial charge in [0.25, 0.3) is 0 Å². The number of thiophene rings is 1. The fourth-order valence-corrected chi connectivity index (χ4v) is 4.10. The quantitative estimate of drug-likeness (QED) is 0.814. The molecule has 120 valence electrons. The predicted octanol–water partition coefficient (Wildman–Crippen LogP) is 3.72. The average Bonchev–Trinajstić information content (AvgIpc) is 2.96. The van der Waals surface area contributed by atoms with Gasteiger partial charge in [-0.1, -0.05) is 18.2 Å². The van der Waals surface area contributed by atoms with Gasteiger partial charge >= 0.3 is 0 Å². The first kappa shape index (κ1) is 16.2. The summed E-state index contributed by atoms with van der Waals surface area (Å²) in [5, 5.41) is 5.82. The minimum absolute atomic E-state index is 0.0127. The molecule has 6 heteroatoms. The summed E-state index contributed by atoms with van der Waals surface area (Å²) in [6, 6.07) is 11.8. The topological polar surface area (TPSA) is 58.2 Å². The van der Waals surface area contributed by atoms with Crippen molar-refractivity contribution < 1.29 is 9.59 Å². The summed E-state index contributed by atoms with van der Waals surface area (Å²) in [5.74, 6) is -0.133. The second-order valence-corrected chi connectivity index (χ2v) is 8.12. The Morgan fingerprint density at radius 3 is 2.91 bits per heavy atom. The number of carbonyl (C=O) groups excluding carboxylic acids is 2. The van der Waals surface area contributed by atoms with Crippen LogP contribution in [0.25, 0.3) is 0 Å². The van der Waals surface area contributed by atoms with E-state index in [0.717, 1.165) is 19.9 Å². The van der Waals surface area contributed by atoms with E-state index in [-0.39, 0.29) is 17.7 Å². The van der Waals surface area contributed by atoms with Crippen LogP contribution in [0.15, 0.2) is 40.2 Å². The van der Waals surface area contributed by atoms with Crippen molar-refractivity contribution in [3.63, 3.8) is 0 Å². The molecule has 1 unspecified atom stereocenters. The molecule has 4 nitrogen and oxygen atoms in total. The number of hydrogen-bond donors (Lipinski definition) is 2. The number of rotatable bonds is 5. The van der Waals surface area contributed by atoms with Crippen molar-refractivity contribution in [2.75, 3.05) is 5.32 Å². The third kappa shape index (κ3) is 4.20. The normalized spacial score (nSPS) is 16.6. The van der Waals surface area contributed by atoms with Crippen molar-refractivity contribution in [3.8, 4) is 0 Å². The minimum Gasteiger partial charge on any atom is -0.351 e. The highest BCUT2D eigenvalue weighted by Gasteiger charge is 2.26. The fraction of sp³-hybridized carbons (Fsp3) is 0.294. The van der Waals surface area contributed by atoms with Gasteiger partial charge < -0.3 is 10.6 Å². The molecule has 23 heavy (non-hydrogen) atoms. The molecular formula is C17H17BrN2O2S. The lowest BCUT2D eigenvalue weighted by molar-refractivity contribution is -0.122. The Morgan fingerprint density at radius 1 is 1.30 bits per heavy atom. The number of amides is 2. The highest BCUT2D eigenvalue weighted by atomic mass is 79.9. The van der Waals surface area contributed by atoms with Crippen LogP contribution in [0.2, 0.25) is 0 Å². The zero-order chi connectivity index (χ0) is 16.2. The van der Waals surface area contributed by atoms with Crippen LogP contribution in [0.1, 0.15) is 23.3 Å². The summed E-state index contributed by atoms with van der Waals surface area (Å²) in [6.45, 7) is 0.537. The van der Waals surface area contributed by atoms with Crippen molar-refractivity contribution in [1.82, 2.24) is 5.32 Å². The average molecular weight is 393 g/mol. The smallest absolute Gasteiger partial charge is 0.227 e. The Bertz CT molecular complexity index is 729. The van der Waals surface area contributed by atoms with Crippen LogP contribution in [0.3, 0.4) is 0 Å². The number of halogens is 1. The molecule has 2 N–H and O–H groups in total. The molecule has 0 bridgehead atoms. The van der Waals surface area contributed by atoms with Gasteiger partial charge in [-0.2, -0.15) is 0 Å². The van der Waals surface area contributed by atoms with Crippen molar-refractivity contribution in [2.24, 2.45) is 5.92 Å². The van der Waals surface area contributed by atoms with Crippen molar-refractivity contribution in [3.05, 3.63) is 50.6 Å². The SMILES string of the molecule is O=C(CCC1Cc2ccccc2NC1=O)NCc1ccc(Br)s1. The van der Waals surface area contributed by atoms with Gasteiger partial charge in [-0.05, 0) is 52.5 Å². The monoisotopic (exact) mass is 392 g/mol. The molecule has 0 fully saturated rings. The fourth-order valence-electron chi connectivity index (χ4n) is 2.67. The second kappa shape index (κ2) is 7.27. The summed E-state index contributed by atoms with van der Waals surface area (Å²) in [5.41, 5.74) is 2.03. The van der Waals surface area contributed by atoms with E-state index < -0.39 is 0 Å². The molecule has 0 aliphatic carbocycles. The van der Waals surface area contributed by atoms with Crippen LogP contribution in [0.5, 0.6) is 0 Å².